The number of phenolic OH excluding ortho intramolecular Hbond substituents is 2. The van der Waals surface area contributed by atoms with Crippen LogP contribution in [0.5, 0.6) is 11.5 Å². The molecular weight excluding hydrogens is 372 g/mol. The lowest BCUT2D eigenvalue weighted by Gasteiger charge is -2.28. The minimum absolute atomic E-state index is 0.423. The zero-order valence-electron chi connectivity index (χ0n) is 19.8. The quantitative estimate of drug-likeness (QED) is 0.515. The molecule has 0 bridgehead atoms. The minimum atomic E-state index is 0.423. The highest BCUT2D eigenvalue weighted by Gasteiger charge is 2.15. The van der Waals surface area contributed by atoms with Gasteiger partial charge in [-0.3, -0.25) is 9.80 Å². The molecule has 0 aliphatic carbocycles. The van der Waals surface area contributed by atoms with Gasteiger partial charge in [-0.25, -0.2) is 0 Å². The van der Waals surface area contributed by atoms with E-state index in [4.69, 9.17) is 0 Å². The third-order valence-corrected chi connectivity index (χ3v) is 5.65. The van der Waals surface area contributed by atoms with Crippen LogP contribution in [0.3, 0.4) is 0 Å². The van der Waals surface area contributed by atoms with Crippen LogP contribution < -0.4 is 0 Å². The molecular formula is C26H40N2O2. The molecule has 4 nitrogen and oxygen atoms in total. The summed E-state index contributed by atoms with van der Waals surface area (Å²) in [4.78, 5) is 4.86. The number of benzene rings is 2. The summed E-state index contributed by atoms with van der Waals surface area (Å²) in [6, 6.07) is 8.26. The van der Waals surface area contributed by atoms with Gasteiger partial charge in [0, 0.05) is 37.3 Å². The summed E-state index contributed by atoms with van der Waals surface area (Å²) in [5.74, 6) is 0.847. The van der Waals surface area contributed by atoms with E-state index in [1.54, 1.807) is 0 Å². The molecule has 0 atom stereocenters. The zero-order chi connectivity index (χ0) is 22.3. The molecule has 0 saturated heterocycles. The summed E-state index contributed by atoms with van der Waals surface area (Å²) < 4.78 is 0. The van der Waals surface area contributed by atoms with Gasteiger partial charge in [0.1, 0.15) is 11.5 Å². The largest absolute Gasteiger partial charge is 0.507 e. The molecule has 0 heterocycles. The monoisotopic (exact) mass is 412 g/mol. The molecule has 0 aliphatic heterocycles. The Labute approximate surface area is 183 Å². The van der Waals surface area contributed by atoms with E-state index in [2.05, 4.69) is 49.6 Å². The Bertz CT molecular complexity index is 763. The van der Waals surface area contributed by atoms with Crippen molar-refractivity contribution in [2.75, 3.05) is 26.2 Å². The van der Waals surface area contributed by atoms with Crippen molar-refractivity contribution in [3.8, 4) is 11.5 Å². The molecule has 2 aromatic rings. The van der Waals surface area contributed by atoms with Crippen LogP contribution in [0.15, 0.2) is 24.3 Å². The molecule has 0 radical (unpaired) electrons. The molecule has 0 aromatic heterocycles. The highest BCUT2D eigenvalue weighted by Crippen LogP contribution is 2.26. The molecule has 4 heteroatoms. The van der Waals surface area contributed by atoms with Crippen LogP contribution in [-0.4, -0.2) is 46.2 Å². The molecule has 0 saturated carbocycles. The average molecular weight is 413 g/mol. The van der Waals surface area contributed by atoms with Crippen molar-refractivity contribution in [1.29, 1.82) is 0 Å². The summed E-state index contributed by atoms with van der Waals surface area (Å²) in [5, 5.41) is 21.0. The first-order chi connectivity index (χ1) is 14.2. The maximum absolute atomic E-state index is 10.5. The van der Waals surface area contributed by atoms with Crippen molar-refractivity contribution in [1.82, 2.24) is 9.80 Å². The molecule has 30 heavy (non-hydrogen) atoms. The van der Waals surface area contributed by atoms with Gasteiger partial charge in [0.15, 0.2) is 0 Å². The van der Waals surface area contributed by atoms with Crippen LogP contribution in [-0.2, 0) is 13.1 Å². The fourth-order valence-corrected chi connectivity index (χ4v) is 4.27. The van der Waals surface area contributed by atoms with Crippen molar-refractivity contribution >= 4 is 0 Å². The Morgan fingerprint density at radius 2 is 0.967 bits per heavy atom. The van der Waals surface area contributed by atoms with Gasteiger partial charge >= 0.3 is 0 Å². The first-order valence-electron chi connectivity index (χ1n) is 11.3. The van der Waals surface area contributed by atoms with E-state index >= 15 is 0 Å². The van der Waals surface area contributed by atoms with Gasteiger partial charge in [-0.2, -0.15) is 0 Å². The smallest absolute Gasteiger partial charge is 0.122 e. The summed E-state index contributed by atoms with van der Waals surface area (Å²) in [5.41, 5.74) is 6.29. The third kappa shape index (κ3) is 6.75. The van der Waals surface area contributed by atoms with Gasteiger partial charge in [0.25, 0.3) is 0 Å². The fourth-order valence-electron chi connectivity index (χ4n) is 4.27. The second kappa shape index (κ2) is 11.4. The van der Waals surface area contributed by atoms with Crippen molar-refractivity contribution in [2.24, 2.45) is 0 Å². The van der Waals surface area contributed by atoms with Crippen molar-refractivity contribution in [3.05, 3.63) is 57.6 Å². The molecule has 0 fully saturated rings. The summed E-state index contributed by atoms with van der Waals surface area (Å²) in [6.07, 6.45) is 2.16. The lowest BCUT2D eigenvalue weighted by molar-refractivity contribution is 0.191. The van der Waals surface area contributed by atoms with Crippen LogP contribution >= 0.6 is 0 Å². The fraction of sp³-hybridized carbons (Fsp3) is 0.538. The Kier molecular flexibility index (Phi) is 9.19. The van der Waals surface area contributed by atoms with Crippen LogP contribution in [0.1, 0.15) is 60.1 Å². The van der Waals surface area contributed by atoms with Crippen LogP contribution in [0.2, 0.25) is 0 Å². The number of aryl methyl sites for hydroxylation is 4. The van der Waals surface area contributed by atoms with Crippen LogP contribution in [0.4, 0.5) is 0 Å². The van der Waals surface area contributed by atoms with Crippen LogP contribution in [0.25, 0.3) is 0 Å². The minimum Gasteiger partial charge on any atom is -0.507 e. The Hall–Kier alpha value is -2.04. The highest BCUT2D eigenvalue weighted by molar-refractivity contribution is 5.43. The van der Waals surface area contributed by atoms with E-state index in [1.807, 2.05) is 26.0 Å². The zero-order valence-corrected chi connectivity index (χ0v) is 19.8. The summed E-state index contributed by atoms with van der Waals surface area (Å²) in [7, 11) is 0. The predicted molar refractivity (Wildman–Crippen MR) is 126 cm³/mol. The predicted octanol–water partition coefficient (Wildman–Crippen LogP) is 5.46. The molecule has 0 spiro atoms. The van der Waals surface area contributed by atoms with E-state index < -0.39 is 0 Å². The topological polar surface area (TPSA) is 46.9 Å². The Balaban J connectivity index is 2.10. The maximum Gasteiger partial charge on any atom is 0.122 e. The molecule has 0 aliphatic rings. The van der Waals surface area contributed by atoms with Crippen LogP contribution in [0, 0.1) is 27.7 Å². The van der Waals surface area contributed by atoms with E-state index in [-0.39, 0.29) is 0 Å². The maximum atomic E-state index is 10.5. The number of hydrogen-bond acceptors (Lipinski definition) is 4. The SMILES string of the molecule is CCCN(CCN(CCC)Cc1cc(C)cc(C)c1O)Cc1cc(C)cc(C)c1O. The molecule has 0 amide bonds. The average Bonchev–Trinajstić information content (AvgIpc) is 2.67. The van der Waals surface area contributed by atoms with E-state index in [9.17, 15) is 10.2 Å². The van der Waals surface area contributed by atoms with Crippen molar-refractivity contribution in [2.45, 2.75) is 67.5 Å². The third-order valence-electron chi connectivity index (χ3n) is 5.65. The standard InChI is InChI=1S/C26H40N2O2/c1-7-9-27(17-23-15-19(3)13-21(5)25(23)29)11-12-28(10-8-2)18-24-16-20(4)14-22(6)26(24)30/h13-16,29-30H,7-12,17-18H2,1-6H3. The van der Waals surface area contributed by atoms with Crippen molar-refractivity contribution in [3.63, 3.8) is 0 Å². The number of phenols is 2. The van der Waals surface area contributed by atoms with Gasteiger partial charge in [0.2, 0.25) is 0 Å². The summed E-state index contributed by atoms with van der Waals surface area (Å²) >= 11 is 0. The summed E-state index contributed by atoms with van der Waals surface area (Å²) in [6.45, 7) is 17.9. The number of nitrogens with zero attached hydrogens (tertiary/aromatic N) is 2. The normalized spacial score (nSPS) is 11.6. The van der Waals surface area contributed by atoms with Gasteiger partial charge in [-0.1, -0.05) is 49.2 Å². The van der Waals surface area contributed by atoms with E-state index in [1.165, 1.54) is 11.1 Å². The first kappa shape index (κ1) is 24.2. The lowest BCUT2D eigenvalue weighted by Crippen LogP contribution is -2.35. The van der Waals surface area contributed by atoms with Crippen molar-refractivity contribution < 1.29 is 10.2 Å². The van der Waals surface area contributed by atoms with E-state index in [0.717, 1.165) is 74.4 Å². The number of rotatable bonds is 11. The molecule has 2 N–H and O–H groups in total. The molecule has 2 rings (SSSR count). The molecule has 166 valence electrons. The van der Waals surface area contributed by atoms with Gasteiger partial charge < -0.3 is 10.2 Å². The van der Waals surface area contributed by atoms with E-state index in [0.29, 0.717) is 11.5 Å². The number of aromatic hydroxyl groups is 2. The van der Waals surface area contributed by atoms with Gasteiger partial charge in [-0.05, 0) is 64.8 Å². The second-order valence-corrected chi connectivity index (χ2v) is 8.73. The Morgan fingerprint density at radius 1 is 0.600 bits per heavy atom. The Morgan fingerprint density at radius 3 is 1.30 bits per heavy atom. The second-order valence-electron chi connectivity index (χ2n) is 8.73. The van der Waals surface area contributed by atoms with Gasteiger partial charge in [-0.15, -0.1) is 0 Å². The molecule has 2 aromatic carbocycles. The lowest BCUT2D eigenvalue weighted by atomic mass is 10.0. The number of hydrogen-bond donors (Lipinski definition) is 2. The highest BCUT2D eigenvalue weighted by atomic mass is 16.3. The first-order valence-corrected chi connectivity index (χ1v) is 11.3. The molecule has 0 unspecified atom stereocenters. The van der Waals surface area contributed by atoms with Gasteiger partial charge in [0.05, 0.1) is 0 Å².